The molecule has 0 bridgehead atoms. The summed E-state index contributed by atoms with van der Waals surface area (Å²) in [4.78, 5) is 2.80. The van der Waals surface area contributed by atoms with Gasteiger partial charge in [-0.05, 0) is 44.9 Å². The Labute approximate surface area is 126 Å². The fourth-order valence-electron chi connectivity index (χ4n) is 2.30. The molecule has 2 aromatic rings. The molecule has 20 heavy (non-hydrogen) atoms. The maximum absolute atomic E-state index is 4.47. The van der Waals surface area contributed by atoms with Crippen LogP contribution in [0.25, 0.3) is 0 Å². The molecular weight excluding hydrogens is 266 g/mol. The van der Waals surface area contributed by atoms with Crippen molar-refractivity contribution in [1.29, 1.82) is 0 Å². The molecule has 0 saturated carbocycles. The molecule has 3 nitrogen and oxygen atoms in total. The van der Waals surface area contributed by atoms with Gasteiger partial charge in [0.15, 0.2) is 0 Å². The summed E-state index contributed by atoms with van der Waals surface area (Å²) in [6.45, 7) is 10.8. The summed E-state index contributed by atoms with van der Waals surface area (Å²) in [6, 6.07) is 2.59. The fourth-order valence-corrected chi connectivity index (χ4v) is 3.44. The van der Waals surface area contributed by atoms with Gasteiger partial charge >= 0.3 is 0 Å². The van der Waals surface area contributed by atoms with E-state index >= 15 is 0 Å². The van der Waals surface area contributed by atoms with E-state index in [-0.39, 0.29) is 6.04 Å². The van der Waals surface area contributed by atoms with Crippen LogP contribution >= 0.6 is 11.3 Å². The van der Waals surface area contributed by atoms with Crippen LogP contribution in [-0.4, -0.2) is 16.3 Å². The van der Waals surface area contributed by atoms with Crippen molar-refractivity contribution in [3.05, 3.63) is 39.3 Å². The lowest BCUT2D eigenvalue weighted by atomic mass is 10.1. The van der Waals surface area contributed by atoms with Crippen molar-refractivity contribution < 1.29 is 0 Å². The predicted molar refractivity (Wildman–Crippen MR) is 86.4 cm³/mol. The van der Waals surface area contributed by atoms with Gasteiger partial charge in [0.25, 0.3) is 0 Å². The topological polar surface area (TPSA) is 29.9 Å². The molecule has 2 aromatic heterocycles. The van der Waals surface area contributed by atoms with Crippen LogP contribution in [0.3, 0.4) is 0 Å². The van der Waals surface area contributed by atoms with Crippen LogP contribution in [0.5, 0.6) is 0 Å². The molecular formula is C16H25N3S. The summed E-state index contributed by atoms with van der Waals surface area (Å²) >= 11 is 1.89. The second kappa shape index (κ2) is 7.04. The second-order valence-electron chi connectivity index (χ2n) is 5.31. The average molecular weight is 291 g/mol. The molecule has 110 valence electrons. The summed E-state index contributed by atoms with van der Waals surface area (Å²) in [5, 5.41) is 8.13. The maximum atomic E-state index is 4.47. The third kappa shape index (κ3) is 3.49. The maximum Gasteiger partial charge on any atom is 0.0702 e. The van der Waals surface area contributed by atoms with Crippen LogP contribution in [0.2, 0.25) is 0 Å². The Balaban J connectivity index is 2.25. The first-order chi connectivity index (χ1) is 9.65. The van der Waals surface area contributed by atoms with Crippen molar-refractivity contribution in [2.75, 3.05) is 6.54 Å². The van der Waals surface area contributed by atoms with Crippen molar-refractivity contribution in [2.24, 2.45) is 0 Å². The van der Waals surface area contributed by atoms with Crippen LogP contribution in [0.4, 0.5) is 0 Å². The molecule has 4 heteroatoms. The van der Waals surface area contributed by atoms with E-state index < -0.39 is 0 Å². The molecule has 0 saturated heterocycles. The molecule has 1 atom stereocenters. The third-order valence-electron chi connectivity index (χ3n) is 3.51. The zero-order valence-electron chi connectivity index (χ0n) is 12.9. The molecule has 0 amide bonds. The standard InChI is InChI=1S/C16H25N3S/c1-5-7-17-16(15-9-12(3)13(4)20-15)14-10-18-19(11-14)8-6-2/h9-11,16-17H,5-8H2,1-4H3. The number of nitrogens with one attached hydrogen (secondary N) is 1. The number of rotatable bonds is 7. The molecule has 0 aromatic carbocycles. The van der Waals surface area contributed by atoms with Crippen molar-refractivity contribution >= 4 is 11.3 Å². The van der Waals surface area contributed by atoms with Gasteiger partial charge in [-0.25, -0.2) is 0 Å². The number of hydrogen-bond donors (Lipinski definition) is 1. The molecule has 2 heterocycles. The van der Waals surface area contributed by atoms with E-state index in [4.69, 9.17) is 0 Å². The lowest BCUT2D eigenvalue weighted by molar-refractivity contribution is 0.592. The highest BCUT2D eigenvalue weighted by Crippen LogP contribution is 2.30. The van der Waals surface area contributed by atoms with E-state index in [9.17, 15) is 0 Å². The summed E-state index contributed by atoms with van der Waals surface area (Å²) in [5.74, 6) is 0. The molecule has 0 radical (unpaired) electrons. The van der Waals surface area contributed by atoms with Gasteiger partial charge in [-0.3, -0.25) is 4.68 Å². The Morgan fingerprint density at radius 2 is 2.10 bits per heavy atom. The van der Waals surface area contributed by atoms with Crippen molar-refractivity contribution in [1.82, 2.24) is 15.1 Å². The molecule has 1 N–H and O–H groups in total. The van der Waals surface area contributed by atoms with E-state index in [0.29, 0.717) is 0 Å². The van der Waals surface area contributed by atoms with Gasteiger partial charge < -0.3 is 5.32 Å². The van der Waals surface area contributed by atoms with E-state index in [1.54, 1.807) is 0 Å². The molecule has 0 spiro atoms. The Morgan fingerprint density at radius 3 is 2.70 bits per heavy atom. The minimum Gasteiger partial charge on any atom is -0.306 e. The highest BCUT2D eigenvalue weighted by Gasteiger charge is 2.18. The smallest absolute Gasteiger partial charge is 0.0702 e. The Bertz CT molecular complexity index is 522. The first-order valence-electron chi connectivity index (χ1n) is 7.48. The first-order valence-corrected chi connectivity index (χ1v) is 8.30. The Kier molecular flexibility index (Phi) is 5.38. The summed E-state index contributed by atoms with van der Waals surface area (Å²) in [7, 11) is 0. The largest absolute Gasteiger partial charge is 0.306 e. The number of aryl methyl sites for hydroxylation is 3. The van der Waals surface area contributed by atoms with Gasteiger partial charge in [-0.1, -0.05) is 13.8 Å². The van der Waals surface area contributed by atoms with Crippen LogP contribution in [0.1, 0.15) is 53.6 Å². The number of nitrogens with zero attached hydrogens (tertiary/aromatic N) is 2. The van der Waals surface area contributed by atoms with Crippen LogP contribution < -0.4 is 5.32 Å². The Hall–Kier alpha value is -1.13. The second-order valence-corrected chi connectivity index (χ2v) is 6.60. The molecule has 2 rings (SSSR count). The quantitative estimate of drug-likeness (QED) is 0.833. The zero-order valence-corrected chi connectivity index (χ0v) is 13.8. The molecule has 0 aliphatic heterocycles. The van der Waals surface area contributed by atoms with Gasteiger partial charge in [0.2, 0.25) is 0 Å². The molecule has 0 fully saturated rings. The number of thiophene rings is 1. The fraction of sp³-hybridized carbons (Fsp3) is 0.562. The lowest BCUT2D eigenvalue weighted by Crippen LogP contribution is -2.22. The summed E-state index contributed by atoms with van der Waals surface area (Å²) < 4.78 is 2.04. The summed E-state index contributed by atoms with van der Waals surface area (Å²) in [6.07, 6.45) is 6.45. The van der Waals surface area contributed by atoms with Gasteiger partial charge in [0.1, 0.15) is 0 Å². The van der Waals surface area contributed by atoms with Gasteiger partial charge in [-0.15, -0.1) is 11.3 Å². The summed E-state index contributed by atoms with van der Waals surface area (Å²) in [5.41, 5.74) is 2.65. The Morgan fingerprint density at radius 1 is 1.30 bits per heavy atom. The first kappa shape index (κ1) is 15.3. The van der Waals surface area contributed by atoms with Crippen LogP contribution in [0.15, 0.2) is 18.5 Å². The number of aromatic nitrogens is 2. The van der Waals surface area contributed by atoms with Crippen molar-refractivity contribution in [3.63, 3.8) is 0 Å². The molecule has 0 aliphatic rings. The predicted octanol–water partition coefficient (Wildman–Crippen LogP) is 4.06. The molecule has 0 aliphatic carbocycles. The van der Waals surface area contributed by atoms with Gasteiger partial charge in [0, 0.05) is 28.1 Å². The number of hydrogen-bond acceptors (Lipinski definition) is 3. The van der Waals surface area contributed by atoms with E-state index in [1.165, 1.54) is 20.9 Å². The van der Waals surface area contributed by atoms with Crippen molar-refractivity contribution in [3.8, 4) is 0 Å². The normalized spacial score (nSPS) is 12.8. The highest BCUT2D eigenvalue weighted by atomic mass is 32.1. The van der Waals surface area contributed by atoms with Crippen LogP contribution in [0, 0.1) is 13.8 Å². The minimum atomic E-state index is 0.276. The van der Waals surface area contributed by atoms with E-state index in [1.807, 2.05) is 22.2 Å². The highest BCUT2D eigenvalue weighted by molar-refractivity contribution is 7.12. The molecule has 1 unspecified atom stereocenters. The monoisotopic (exact) mass is 291 g/mol. The minimum absolute atomic E-state index is 0.276. The SMILES string of the molecule is CCCNC(c1cnn(CCC)c1)c1cc(C)c(C)s1. The van der Waals surface area contributed by atoms with Gasteiger partial charge in [0.05, 0.1) is 12.2 Å². The lowest BCUT2D eigenvalue weighted by Gasteiger charge is -2.15. The zero-order chi connectivity index (χ0) is 14.5. The van der Waals surface area contributed by atoms with E-state index in [2.05, 4.69) is 50.4 Å². The van der Waals surface area contributed by atoms with Crippen LogP contribution in [-0.2, 0) is 6.54 Å². The third-order valence-corrected chi connectivity index (χ3v) is 4.72. The van der Waals surface area contributed by atoms with E-state index in [0.717, 1.165) is 25.9 Å². The van der Waals surface area contributed by atoms with Gasteiger partial charge in [-0.2, -0.15) is 5.10 Å². The van der Waals surface area contributed by atoms with Crippen molar-refractivity contribution in [2.45, 2.75) is 53.1 Å². The average Bonchev–Trinajstić information content (AvgIpc) is 2.99.